The highest BCUT2D eigenvalue weighted by Gasteiger charge is 2.17. The van der Waals surface area contributed by atoms with Gasteiger partial charge in [-0.2, -0.15) is 0 Å². The van der Waals surface area contributed by atoms with Gasteiger partial charge in [0.05, 0.1) is 18.1 Å². The number of hydrogen-bond acceptors (Lipinski definition) is 6. The second-order valence-corrected chi connectivity index (χ2v) is 7.91. The molecule has 0 aliphatic heterocycles. The van der Waals surface area contributed by atoms with Crippen LogP contribution in [-0.2, 0) is 13.2 Å². The van der Waals surface area contributed by atoms with Crippen LogP contribution in [0, 0.1) is 18.6 Å². The van der Waals surface area contributed by atoms with Gasteiger partial charge in [0.25, 0.3) is 0 Å². The quantitative estimate of drug-likeness (QED) is 0.401. The summed E-state index contributed by atoms with van der Waals surface area (Å²) < 4.78 is 9.64. The molecule has 0 bridgehead atoms. The van der Waals surface area contributed by atoms with Crippen molar-refractivity contribution in [3.05, 3.63) is 75.6 Å². The van der Waals surface area contributed by atoms with Crippen molar-refractivity contribution in [3.8, 4) is 17.1 Å². The Morgan fingerprint density at radius 1 is 1.10 bits per heavy atom. The van der Waals surface area contributed by atoms with Gasteiger partial charge in [-0.1, -0.05) is 16.8 Å². The summed E-state index contributed by atoms with van der Waals surface area (Å²) >= 11 is 11.9. The van der Waals surface area contributed by atoms with Gasteiger partial charge < -0.3 is 4.52 Å². The molecule has 30 heavy (non-hydrogen) atoms. The van der Waals surface area contributed by atoms with Crippen LogP contribution in [0.5, 0.6) is 0 Å². The summed E-state index contributed by atoms with van der Waals surface area (Å²) in [7, 11) is 2.01. The average molecular weight is 441 g/mol. The standard InChI is InChI=1S/C21H21ClN6OS/c1-14-19(15(2)29-25-14)12-26(3)13-27-21(30)28(18-6-4-17(22)5-7-18)20(24-27)16-8-10-23-11-9-16/h4-11H,12-13H2,1-3H3. The largest absolute Gasteiger partial charge is 0.361 e. The van der Waals surface area contributed by atoms with Gasteiger partial charge in [0, 0.05) is 35.1 Å². The van der Waals surface area contributed by atoms with Crippen LogP contribution in [0.4, 0.5) is 0 Å². The van der Waals surface area contributed by atoms with Crippen molar-refractivity contribution in [2.45, 2.75) is 27.1 Å². The van der Waals surface area contributed by atoms with E-state index in [9.17, 15) is 0 Å². The first-order valence-electron chi connectivity index (χ1n) is 9.40. The highest BCUT2D eigenvalue weighted by molar-refractivity contribution is 7.71. The van der Waals surface area contributed by atoms with Crippen LogP contribution in [-0.4, -0.2) is 36.4 Å². The summed E-state index contributed by atoms with van der Waals surface area (Å²) in [4.78, 5) is 6.23. The third-order valence-corrected chi connectivity index (χ3v) is 5.49. The first-order valence-corrected chi connectivity index (χ1v) is 10.2. The molecule has 0 fully saturated rings. The Hall–Kier alpha value is -2.81. The van der Waals surface area contributed by atoms with Gasteiger partial charge in [-0.15, -0.1) is 5.10 Å². The Labute approximate surface area is 184 Å². The fourth-order valence-corrected chi connectivity index (χ4v) is 3.70. The molecule has 0 N–H and O–H groups in total. The molecule has 0 radical (unpaired) electrons. The lowest BCUT2D eigenvalue weighted by Gasteiger charge is -2.16. The summed E-state index contributed by atoms with van der Waals surface area (Å²) in [5, 5.41) is 9.53. The number of pyridine rings is 1. The topological polar surface area (TPSA) is 64.9 Å². The Morgan fingerprint density at radius 3 is 2.43 bits per heavy atom. The molecular weight excluding hydrogens is 420 g/mol. The van der Waals surface area contributed by atoms with E-state index in [1.54, 1.807) is 12.4 Å². The van der Waals surface area contributed by atoms with E-state index < -0.39 is 0 Å². The number of aromatic nitrogens is 5. The van der Waals surface area contributed by atoms with Crippen molar-refractivity contribution in [2.24, 2.45) is 0 Å². The zero-order chi connectivity index (χ0) is 21.3. The second-order valence-electron chi connectivity index (χ2n) is 7.11. The molecule has 3 heterocycles. The van der Waals surface area contributed by atoms with Gasteiger partial charge in [0.15, 0.2) is 5.82 Å². The third kappa shape index (κ3) is 4.07. The van der Waals surface area contributed by atoms with E-state index in [1.165, 1.54) is 0 Å². The maximum atomic E-state index is 6.08. The molecule has 0 amide bonds. The molecule has 154 valence electrons. The van der Waals surface area contributed by atoms with Gasteiger partial charge in [-0.05, 0) is 69.5 Å². The molecule has 9 heteroatoms. The van der Waals surface area contributed by atoms with E-state index in [1.807, 2.05) is 66.5 Å². The first kappa shape index (κ1) is 20.5. The van der Waals surface area contributed by atoms with Crippen molar-refractivity contribution in [1.82, 2.24) is 29.4 Å². The van der Waals surface area contributed by atoms with E-state index in [-0.39, 0.29) is 0 Å². The van der Waals surface area contributed by atoms with Crippen LogP contribution in [0.2, 0.25) is 5.02 Å². The zero-order valence-electron chi connectivity index (χ0n) is 16.9. The second kappa shape index (κ2) is 8.51. The molecule has 0 unspecified atom stereocenters. The number of aryl methyl sites for hydroxylation is 2. The molecular formula is C21H21ClN6OS. The number of nitrogens with zero attached hydrogens (tertiary/aromatic N) is 6. The lowest BCUT2D eigenvalue weighted by molar-refractivity contribution is 0.242. The molecule has 0 saturated heterocycles. The number of rotatable bonds is 6. The minimum atomic E-state index is 0.515. The Kier molecular flexibility index (Phi) is 5.80. The summed E-state index contributed by atoms with van der Waals surface area (Å²) in [5.74, 6) is 1.57. The van der Waals surface area contributed by atoms with E-state index in [2.05, 4.69) is 15.0 Å². The lowest BCUT2D eigenvalue weighted by Crippen LogP contribution is -2.23. The molecule has 0 atom stereocenters. The Morgan fingerprint density at radius 2 is 1.80 bits per heavy atom. The third-order valence-electron chi connectivity index (χ3n) is 4.85. The summed E-state index contributed by atoms with van der Waals surface area (Å²) in [6.07, 6.45) is 3.49. The number of benzene rings is 1. The molecule has 1 aromatic carbocycles. The van der Waals surface area contributed by atoms with Gasteiger partial charge in [-0.3, -0.25) is 14.5 Å². The number of hydrogen-bond donors (Lipinski definition) is 0. The van der Waals surface area contributed by atoms with E-state index in [0.29, 0.717) is 23.0 Å². The van der Waals surface area contributed by atoms with Gasteiger partial charge in [-0.25, -0.2) is 4.68 Å². The van der Waals surface area contributed by atoms with Crippen molar-refractivity contribution >= 4 is 23.8 Å². The highest BCUT2D eigenvalue weighted by Crippen LogP contribution is 2.24. The van der Waals surface area contributed by atoms with Crippen LogP contribution < -0.4 is 0 Å². The summed E-state index contributed by atoms with van der Waals surface area (Å²) in [6, 6.07) is 11.4. The predicted molar refractivity (Wildman–Crippen MR) is 118 cm³/mol. The van der Waals surface area contributed by atoms with Gasteiger partial charge >= 0.3 is 0 Å². The Bertz CT molecular complexity index is 1190. The van der Waals surface area contributed by atoms with Crippen LogP contribution in [0.3, 0.4) is 0 Å². The molecule has 3 aromatic heterocycles. The van der Waals surface area contributed by atoms with Crippen LogP contribution in [0.25, 0.3) is 17.1 Å². The first-order chi connectivity index (χ1) is 14.4. The van der Waals surface area contributed by atoms with Crippen molar-refractivity contribution in [1.29, 1.82) is 0 Å². The molecule has 4 rings (SSSR count). The zero-order valence-corrected chi connectivity index (χ0v) is 18.5. The SMILES string of the molecule is Cc1noc(C)c1CN(C)Cn1nc(-c2ccncc2)n(-c2ccc(Cl)cc2)c1=S. The molecule has 0 spiro atoms. The van der Waals surface area contributed by atoms with E-state index in [4.69, 9.17) is 33.4 Å². The normalized spacial score (nSPS) is 11.4. The molecule has 7 nitrogen and oxygen atoms in total. The summed E-state index contributed by atoms with van der Waals surface area (Å²) in [6.45, 7) is 5.07. The lowest BCUT2D eigenvalue weighted by atomic mass is 10.2. The molecule has 0 saturated carbocycles. The Balaban J connectivity index is 1.72. The van der Waals surface area contributed by atoms with Crippen LogP contribution >= 0.6 is 23.8 Å². The van der Waals surface area contributed by atoms with Crippen molar-refractivity contribution < 1.29 is 4.52 Å². The highest BCUT2D eigenvalue weighted by atomic mass is 35.5. The summed E-state index contributed by atoms with van der Waals surface area (Å²) in [5.41, 5.74) is 3.80. The van der Waals surface area contributed by atoms with Crippen molar-refractivity contribution in [2.75, 3.05) is 7.05 Å². The average Bonchev–Trinajstić information content (AvgIpc) is 3.23. The maximum Gasteiger partial charge on any atom is 0.204 e. The van der Waals surface area contributed by atoms with Gasteiger partial charge in [0.1, 0.15) is 5.76 Å². The van der Waals surface area contributed by atoms with E-state index in [0.717, 1.165) is 34.1 Å². The van der Waals surface area contributed by atoms with Gasteiger partial charge in [0.2, 0.25) is 4.77 Å². The fraction of sp³-hybridized carbons (Fsp3) is 0.238. The maximum absolute atomic E-state index is 6.08. The molecule has 0 aliphatic carbocycles. The minimum Gasteiger partial charge on any atom is -0.361 e. The fourth-order valence-electron chi connectivity index (χ4n) is 3.29. The monoisotopic (exact) mass is 440 g/mol. The molecule has 4 aromatic rings. The van der Waals surface area contributed by atoms with Crippen molar-refractivity contribution in [3.63, 3.8) is 0 Å². The minimum absolute atomic E-state index is 0.515. The smallest absolute Gasteiger partial charge is 0.204 e. The van der Waals surface area contributed by atoms with E-state index >= 15 is 0 Å². The predicted octanol–water partition coefficient (Wildman–Crippen LogP) is 4.81. The van der Waals surface area contributed by atoms with Crippen LogP contribution in [0.1, 0.15) is 17.0 Å². The molecule has 0 aliphatic rings. The number of halogens is 1. The van der Waals surface area contributed by atoms with Crippen LogP contribution in [0.15, 0.2) is 53.3 Å².